The first-order chi connectivity index (χ1) is 16.2. The predicted octanol–water partition coefficient (Wildman–Crippen LogP) is 3.51. The highest BCUT2D eigenvalue weighted by Crippen LogP contribution is 2.32. The summed E-state index contributed by atoms with van der Waals surface area (Å²) >= 11 is 0. The molecule has 2 N–H and O–H groups in total. The Hall–Kier alpha value is -2.91. The number of carbonyl (C=O) groups excluding carboxylic acids is 2. The maximum atomic E-state index is 13.4. The van der Waals surface area contributed by atoms with Gasteiger partial charge in [-0.05, 0) is 73.6 Å². The number of nitrogens with one attached hydrogen (secondary N) is 2. The molecule has 2 aromatic carbocycles. The molecule has 1 saturated carbocycles. The van der Waals surface area contributed by atoms with Gasteiger partial charge in [-0.3, -0.25) is 9.59 Å². The summed E-state index contributed by atoms with van der Waals surface area (Å²) in [4.78, 5) is 25.0. The second-order valence-electron chi connectivity index (χ2n) is 9.41. The average molecular weight is 486 g/mol. The second kappa shape index (κ2) is 9.76. The number of nitrogens with zero attached hydrogens (tertiary/aromatic N) is 1. The standard InChI is InChI=1S/C25H31N3O5S/c1-16-12-17(2)15-28(14-16)34(31,32)23-13-19(6-11-22(23)33-3)25(30)27-20-7-4-18(5-8-20)24(29)26-21-9-10-21/h4-8,11,13,16-17,21H,9-10,12,14-15H2,1-3H3,(H,26,29)(H,27,30)/t16-,17+. The normalized spacial score (nSPS) is 21.0. The molecule has 4 rings (SSSR count). The van der Waals surface area contributed by atoms with Gasteiger partial charge in [0.1, 0.15) is 10.6 Å². The van der Waals surface area contributed by atoms with E-state index in [0.29, 0.717) is 24.3 Å². The molecule has 2 aliphatic rings. The molecule has 2 amide bonds. The molecule has 0 unspecified atom stereocenters. The van der Waals surface area contributed by atoms with Gasteiger partial charge in [0.2, 0.25) is 10.0 Å². The highest BCUT2D eigenvalue weighted by Gasteiger charge is 2.34. The highest BCUT2D eigenvalue weighted by molar-refractivity contribution is 7.89. The average Bonchev–Trinajstić information content (AvgIpc) is 3.62. The number of carbonyl (C=O) groups is 2. The lowest BCUT2D eigenvalue weighted by Crippen LogP contribution is -2.42. The van der Waals surface area contributed by atoms with Crippen molar-refractivity contribution in [3.05, 3.63) is 53.6 Å². The maximum Gasteiger partial charge on any atom is 0.255 e. The summed E-state index contributed by atoms with van der Waals surface area (Å²) in [6.07, 6.45) is 3.00. The Balaban J connectivity index is 1.52. The van der Waals surface area contributed by atoms with Gasteiger partial charge in [-0.15, -0.1) is 0 Å². The zero-order valence-electron chi connectivity index (χ0n) is 19.7. The SMILES string of the molecule is COc1ccc(C(=O)Nc2ccc(C(=O)NC3CC3)cc2)cc1S(=O)(=O)N1C[C@H](C)C[C@H](C)C1. The smallest absolute Gasteiger partial charge is 0.255 e. The first-order valence-electron chi connectivity index (χ1n) is 11.6. The van der Waals surface area contributed by atoms with Gasteiger partial charge in [-0.1, -0.05) is 13.8 Å². The Morgan fingerprint density at radius 3 is 2.15 bits per heavy atom. The summed E-state index contributed by atoms with van der Waals surface area (Å²) in [5, 5.41) is 5.69. The van der Waals surface area contributed by atoms with Gasteiger partial charge in [-0.2, -0.15) is 4.31 Å². The Labute approximate surface area is 200 Å². The minimum absolute atomic E-state index is 0.0176. The molecule has 2 atom stereocenters. The number of anilines is 1. The van der Waals surface area contributed by atoms with E-state index >= 15 is 0 Å². The Kier molecular flexibility index (Phi) is 6.95. The first kappa shape index (κ1) is 24.2. The molecule has 0 bridgehead atoms. The molecule has 1 aliphatic carbocycles. The largest absolute Gasteiger partial charge is 0.495 e. The van der Waals surface area contributed by atoms with Crippen LogP contribution in [0.1, 0.15) is 53.8 Å². The summed E-state index contributed by atoms with van der Waals surface area (Å²) in [6.45, 7) is 4.96. The zero-order valence-corrected chi connectivity index (χ0v) is 20.5. The van der Waals surface area contributed by atoms with E-state index in [1.807, 2.05) is 13.8 Å². The number of methoxy groups -OCH3 is 1. The highest BCUT2D eigenvalue weighted by atomic mass is 32.2. The van der Waals surface area contributed by atoms with Crippen molar-refractivity contribution in [2.75, 3.05) is 25.5 Å². The van der Waals surface area contributed by atoms with Gasteiger partial charge in [0.05, 0.1) is 7.11 Å². The van der Waals surface area contributed by atoms with Crippen LogP contribution in [-0.4, -0.2) is 50.8 Å². The number of hydrogen-bond acceptors (Lipinski definition) is 5. The molecule has 1 saturated heterocycles. The molecule has 1 aliphatic heterocycles. The van der Waals surface area contributed by atoms with Gasteiger partial charge in [0, 0.05) is 35.9 Å². The molecule has 9 heteroatoms. The fourth-order valence-electron chi connectivity index (χ4n) is 4.37. The molecule has 8 nitrogen and oxygen atoms in total. The number of rotatable bonds is 7. The Bertz CT molecular complexity index is 1170. The summed E-state index contributed by atoms with van der Waals surface area (Å²) < 4.78 is 33.7. The number of piperidine rings is 1. The summed E-state index contributed by atoms with van der Waals surface area (Å²) in [7, 11) is -2.42. The molecule has 2 aromatic rings. The monoisotopic (exact) mass is 485 g/mol. The van der Waals surface area contributed by atoms with Gasteiger partial charge in [0.15, 0.2) is 0 Å². The van der Waals surface area contributed by atoms with Crippen LogP contribution >= 0.6 is 0 Å². The molecular weight excluding hydrogens is 454 g/mol. The van der Waals surface area contributed by atoms with Crippen LogP contribution in [0.4, 0.5) is 5.69 Å². The van der Waals surface area contributed by atoms with Crippen molar-refractivity contribution in [2.45, 2.75) is 44.0 Å². The van der Waals surface area contributed by atoms with Crippen LogP contribution in [0.3, 0.4) is 0 Å². The summed E-state index contributed by atoms with van der Waals surface area (Å²) in [5.41, 5.74) is 1.23. The molecule has 0 spiro atoms. The van der Waals surface area contributed by atoms with Crippen molar-refractivity contribution in [3.63, 3.8) is 0 Å². The summed E-state index contributed by atoms with van der Waals surface area (Å²) in [6, 6.07) is 11.3. The third kappa shape index (κ3) is 5.42. The number of sulfonamides is 1. The van der Waals surface area contributed by atoms with Gasteiger partial charge in [0.25, 0.3) is 11.8 Å². The van der Waals surface area contributed by atoms with Crippen molar-refractivity contribution in [1.29, 1.82) is 0 Å². The van der Waals surface area contributed by atoms with Crippen molar-refractivity contribution in [3.8, 4) is 5.75 Å². The lowest BCUT2D eigenvalue weighted by Gasteiger charge is -2.34. The lowest BCUT2D eigenvalue weighted by atomic mass is 9.94. The molecule has 1 heterocycles. The molecule has 0 radical (unpaired) electrons. The lowest BCUT2D eigenvalue weighted by molar-refractivity contribution is 0.0950. The van der Waals surface area contributed by atoms with Crippen LogP contribution in [0.5, 0.6) is 5.75 Å². The van der Waals surface area contributed by atoms with Crippen LogP contribution in [0, 0.1) is 11.8 Å². The van der Waals surface area contributed by atoms with E-state index in [4.69, 9.17) is 4.74 Å². The molecular formula is C25H31N3O5S. The Morgan fingerprint density at radius 2 is 1.56 bits per heavy atom. The van der Waals surface area contributed by atoms with Crippen molar-refractivity contribution in [2.24, 2.45) is 11.8 Å². The predicted molar refractivity (Wildman–Crippen MR) is 130 cm³/mol. The maximum absolute atomic E-state index is 13.4. The summed E-state index contributed by atoms with van der Waals surface area (Å²) in [5.74, 6) is 0.130. The van der Waals surface area contributed by atoms with Crippen LogP contribution in [0.25, 0.3) is 0 Å². The van der Waals surface area contributed by atoms with Crippen molar-refractivity contribution >= 4 is 27.5 Å². The molecule has 182 valence electrons. The van der Waals surface area contributed by atoms with E-state index in [0.717, 1.165) is 19.3 Å². The third-order valence-electron chi connectivity index (χ3n) is 6.20. The fourth-order valence-corrected chi connectivity index (χ4v) is 6.23. The number of hydrogen-bond donors (Lipinski definition) is 2. The van der Waals surface area contributed by atoms with Crippen molar-refractivity contribution < 1.29 is 22.7 Å². The van der Waals surface area contributed by atoms with E-state index < -0.39 is 15.9 Å². The number of amides is 2. The van der Waals surface area contributed by atoms with E-state index in [2.05, 4.69) is 10.6 Å². The minimum atomic E-state index is -3.84. The third-order valence-corrected chi connectivity index (χ3v) is 8.05. The van der Waals surface area contributed by atoms with E-state index in [1.54, 1.807) is 24.3 Å². The van der Waals surface area contributed by atoms with Crippen LogP contribution < -0.4 is 15.4 Å². The number of benzene rings is 2. The van der Waals surface area contributed by atoms with E-state index in [-0.39, 0.29) is 40.0 Å². The van der Waals surface area contributed by atoms with Crippen molar-refractivity contribution in [1.82, 2.24) is 9.62 Å². The molecule has 2 fully saturated rings. The van der Waals surface area contributed by atoms with Crippen LogP contribution in [0.15, 0.2) is 47.4 Å². The van der Waals surface area contributed by atoms with Crippen LogP contribution in [-0.2, 0) is 10.0 Å². The van der Waals surface area contributed by atoms with E-state index in [9.17, 15) is 18.0 Å². The quantitative estimate of drug-likeness (QED) is 0.625. The van der Waals surface area contributed by atoms with Crippen LogP contribution in [0.2, 0.25) is 0 Å². The van der Waals surface area contributed by atoms with Gasteiger partial charge >= 0.3 is 0 Å². The number of ether oxygens (including phenoxy) is 1. The topological polar surface area (TPSA) is 105 Å². The minimum Gasteiger partial charge on any atom is -0.495 e. The van der Waals surface area contributed by atoms with Gasteiger partial charge < -0.3 is 15.4 Å². The first-order valence-corrected chi connectivity index (χ1v) is 13.0. The molecule has 0 aromatic heterocycles. The Morgan fingerprint density at radius 1 is 0.941 bits per heavy atom. The fraction of sp³-hybridized carbons (Fsp3) is 0.440. The van der Waals surface area contributed by atoms with Gasteiger partial charge in [-0.25, -0.2) is 8.42 Å². The zero-order chi connectivity index (χ0) is 24.5. The molecule has 34 heavy (non-hydrogen) atoms. The van der Waals surface area contributed by atoms with E-state index in [1.165, 1.54) is 29.6 Å². The second-order valence-corrected chi connectivity index (χ2v) is 11.3.